The smallest absolute Gasteiger partial charge is 0.273 e. The molecule has 5 heteroatoms. The van der Waals surface area contributed by atoms with Gasteiger partial charge >= 0.3 is 0 Å². The van der Waals surface area contributed by atoms with Crippen LogP contribution in [0.15, 0.2) is 65.2 Å². The van der Waals surface area contributed by atoms with Gasteiger partial charge in [0.1, 0.15) is 0 Å². The minimum absolute atomic E-state index is 0.242. The fraction of sp³-hybridized carbons (Fsp3) is 0.273. The Kier molecular flexibility index (Phi) is 6.39. The third kappa shape index (κ3) is 5.05. The maximum Gasteiger partial charge on any atom is 0.273 e. The molecule has 0 saturated heterocycles. The second-order valence-electron chi connectivity index (χ2n) is 6.40. The highest BCUT2D eigenvalue weighted by Gasteiger charge is 2.13. The normalized spacial score (nSPS) is 10.9. The number of carbonyl (C=O) groups is 1. The SMILES string of the molecule is CCN(CC)Cc1ccc(CNC(=O)c2cc(-c3ccccc3)on2)cc1. The van der Waals surface area contributed by atoms with E-state index in [9.17, 15) is 4.79 Å². The number of hydrogen-bond acceptors (Lipinski definition) is 4. The van der Waals surface area contributed by atoms with E-state index in [0.717, 1.165) is 30.8 Å². The molecule has 0 fully saturated rings. The van der Waals surface area contributed by atoms with E-state index in [4.69, 9.17) is 4.52 Å². The molecule has 0 aliphatic carbocycles. The van der Waals surface area contributed by atoms with E-state index in [0.29, 0.717) is 12.3 Å². The Morgan fingerprint density at radius 3 is 2.33 bits per heavy atom. The van der Waals surface area contributed by atoms with Crippen molar-refractivity contribution in [2.75, 3.05) is 13.1 Å². The maximum absolute atomic E-state index is 12.3. The number of carbonyl (C=O) groups excluding carboxylic acids is 1. The number of benzene rings is 2. The van der Waals surface area contributed by atoms with Crippen molar-refractivity contribution in [3.8, 4) is 11.3 Å². The summed E-state index contributed by atoms with van der Waals surface area (Å²) in [5, 5.41) is 6.77. The van der Waals surface area contributed by atoms with Gasteiger partial charge in [-0.15, -0.1) is 0 Å². The molecule has 0 unspecified atom stereocenters. The van der Waals surface area contributed by atoms with E-state index < -0.39 is 0 Å². The predicted octanol–water partition coefficient (Wildman–Crippen LogP) is 4.11. The number of nitrogens with zero attached hydrogens (tertiary/aromatic N) is 2. The first kappa shape index (κ1) is 18.9. The molecule has 1 amide bonds. The lowest BCUT2D eigenvalue weighted by Crippen LogP contribution is -2.23. The molecule has 3 rings (SSSR count). The summed E-state index contributed by atoms with van der Waals surface area (Å²) in [6, 6.07) is 19.6. The summed E-state index contributed by atoms with van der Waals surface area (Å²) in [6.07, 6.45) is 0. The molecule has 0 aliphatic heterocycles. The van der Waals surface area contributed by atoms with Crippen LogP contribution in [0.3, 0.4) is 0 Å². The summed E-state index contributed by atoms with van der Waals surface area (Å²) >= 11 is 0. The molecule has 1 heterocycles. The van der Waals surface area contributed by atoms with Crippen molar-refractivity contribution in [2.24, 2.45) is 0 Å². The van der Waals surface area contributed by atoms with Crippen LogP contribution in [0.5, 0.6) is 0 Å². The fourth-order valence-electron chi connectivity index (χ4n) is 2.86. The molecule has 27 heavy (non-hydrogen) atoms. The zero-order valence-electron chi connectivity index (χ0n) is 15.8. The standard InChI is InChI=1S/C22H25N3O2/c1-3-25(4-2)16-18-12-10-17(11-13-18)15-23-22(26)20-14-21(27-24-20)19-8-6-5-7-9-19/h5-14H,3-4,15-16H2,1-2H3,(H,23,26). The molecule has 3 aromatic rings. The highest BCUT2D eigenvalue weighted by Crippen LogP contribution is 2.19. The van der Waals surface area contributed by atoms with Crippen LogP contribution in [0.2, 0.25) is 0 Å². The second-order valence-corrected chi connectivity index (χ2v) is 6.40. The van der Waals surface area contributed by atoms with Gasteiger partial charge in [0.15, 0.2) is 11.5 Å². The van der Waals surface area contributed by atoms with E-state index in [1.807, 2.05) is 30.3 Å². The van der Waals surface area contributed by atoms with Crippen LogP contribution in [0, 0.1) is 0 Å². The Hall–Kier alpha value is -2.92. The molecular weight excluding hydrogens is 338 g/mol. The molecule has 2 aromatic carbocycles. The summed E-state index contributed by atoms with van der Waals surface area (Å²) in [5.74, 6) is 0.342. The lowest BCUT2D eigenvalue weighted by atomic mass is 10.1. The average Bonchev–Trinajstić information content (AvgIpc) is 3.22. The molecule has 5 nitrogen and oxygen atoms in total. The van der Waals surface area contributed by atoms with Crippen molar-refractivity contribution in [3.63, 3.8) is 0 Å². The monoisotopic (exact) mass is 363 g/mol. The zero-order valence-corrected chi connectivity index (χ0v) is 15.8. The van der Waals surface area contributed by atoms with Gasteiger partial charge in [0.05, 0.1) is 0 Å². The molecule has 140 valence electrons. The van der Waals surface area contributed by atoms with E-state index in [1.165, 1.54) is 5.56 Å². The molecule has 1 N–H and O–H groups in total. The molecule has 1 aromatic heterocycles. The Balaban J connectivity index is 1.55. The topological polar surface area (TPSA) is 58.4 Å². The predicted molar refractivity (Wildman–Crippen MR) is 106 cm³/mol. The number of aromatic nitrogens is 1. The van der Waals surface area contributed by atoms with Crippen LogP contribution in [-0.4, -0.2) is 29.1 Å². The zero-order chi connectivity index (χ0) is 19.1. The lowest BCUT2D eigenvalue weighted by Gasteiger charge is -2.18. The number of amides is 1. The Morgan fingerprint density at radius 1 is 1.00 bits per heavy atom. The number of nitrogens with one attached hydrogen (secondary N) is 1. The lowest BCUT2D eigenvalue weighted by molar-refractivity contribution is 0.0942. The van der Waals surface area contributed by atoms with Crippen molar-refractivity contribution in [1.82, 2.24) is 15.4 Å². The van der Waals surface area contributed by atoms with Gasteiger partial charge in [-0.25, -0.2) is 0 Å². The van der Waals surface area contributed by atoms with Crippen molar-refractivity contribution in [3.05, 3.63) is 77.5 Å². The molecule has 0 bridgehead atoms. The molecular formula is C22H25N3O2. The van der Waals surface area contributed by atoms with Gasteiger partial charge in [-0.2, -0.15) is 0 Å². The van der Waals surface area contributed by atoms with Crippen molar-refractivity contribution < 1.29 is 9.32 Å². The minimum atomic E-state index is -0.242. The Morgan fingerprint density at radius 2 is 1.67 bits per heavy atom. The fourth-order valence-corrected chi connectivity index (χ4v) is 2.86. The summed E-state index contributed by atoms with van der Waals surface area (Å²) in [4.78, 5) is 14.7. The number of hydrogen-bond donors (Lipinski definition) is 1. The highest BCUT2D eigenvalue weighted by atomic mass is 16.5. The molecule has 0 saturated carbocycles. The highest BCUT2D eigenvalue weighted by molar-refractivity contribution is 5.93. The van der Waals surface area contributed by atoms with Gasteiger partial charge < -0.3 is 9.84 Å². The maximum atomic E-state index is 12.3. The van der Waals surface area contributed by atoms with E-state index in [2.05, 4.69) is 53.5 Å². The summed E-state index contributed by atoms with van der Waals surface area (Å²) < 4.78 is 5.28. The average molecular weight is 363 g/mol. The quantitative estimate of drug-likeness (QED) is 0.654. The Labute approximate surface area is 160 Å². The van der Waals surface area contributed by atoms with Crippen molar-refractivity contribution >= 4 is 5.91 Å². The molecule has 0 aliphatic rings. The Bertz CT molecular complexity index is 853. The van der Waals surface area contributed by atoms with E-state index in [-0.39, 0.29) is 11.6 Å². The van der Waals surface area contributed by atoms with Crippen LogP contribution in [0.1, 0.15) is 35.5 Å². The van der Waals surface area contributed by atoms with Crippen molar-refractivity contribution in [2.45, 2.75) is 26.9 Å². The second kappa shape index (κ2) is 9.14. The first-order chi connectivity index (χ1) is 13.2. The number of rotatable bonds is 8. The van der Waals surface area contributed by atoms with Gasteiger partial charge in [0, 0.05) is 24.7 Å². The van der Waals surface area contributed by atoms with Gasteiger partial charge in [-0.3, -0.25) is 9.69 Å². The first-order valence-electron chi connectivity index (χ1n) is 9.30. The summed E-state index contributed by atoms with van der Waals surface area (Å²) in [7, 11) is 0. The molecule has 0 radical (unpaired) electrons. The third-order valence-corrected chi connectivity index (χ3v) is 4.58. The molecule has 0 atom stereocenters. The summed E-state index contributed by atoms with van der Waals surface area (Å²) in [5.41, 5.74) is 3.51. The van der Waals surface area contributed by atoms with Crippen LogP contribution in [-0.2, 0) is 13.1 Å². The van der Waals surface area contributed by atoms with E-state index >= 15 is 0 Å². The summed E-state index contributed by atoms with van der Waals surface area (Å²) in [6.45, 7) is 7.81. The van der Waals surface area contributed by atoms with Crippen LogP contribution in [0.25, 0.3) is 11.3 Å². The van der Waals surface area contributed by atoms with E-state index in [1.54, 1.807) is 6.07 Å². The largest absolute Gasteiger partial charge is 0.355 e. The minimum Gasteiger partial charge on any atom is -0.355 e. The first-order valence-corrected chi connectivity index (χ1v) is 9.30. The van der Waals surface area contributed by atoms with Crippen LogP contribution < -0.4 is 5.32 Å². The van der Waals surface area contributed by atoms with Crippen LogP contribution >= 0.6 is 0 Å². The molecule has 0 spiro atoms. The third-order valence-electron chi connectivity index (χ3n) is 4.58. The van der Waals surface area contributed by atoms with Crippen molar-refractivity contribution in [1.29, 1.82) is 0 Å². The van der Waals surface area contributed by atoms with Gasteiger partial charge in [0.25, 0.3) is 5.91 Å². The van der Waals surface area contributed by atoms with Crippen LogP contribution in [0.4, 0.5) is 0 Å². The van der Waals surface area contributed by atoms with Gasteiger partial charge in [0.2, 0.25) is 0 Å². The van der Waals surface area contributed by atoms with Gasteiger partial charge in [-0.1, -0.05) is 73.6 Å². The van der Waals surface area contributed by atoms with Gasteiger partial charge in [-0.05, 0) is 24.2 Å².